The zero-order valence-electron chi connectivity index (χ0n) is 16.0. The zero-order valence-corrected chi connectivity index (χ0v) is 16.0. The van der Waals surface area contributed by atoms with E-state index in [4.69, 9.17) is 4.74 Å². The Morgan fingerprint density at radius 1 is 1.23 bits per heavy atom. The highest BCUT2D eigenvalue weighted by Gasteiger charge is 2.31. The van der Waals surface area contributed by atoms with Gasteiger partial charge in [0.2, 0.25) is 5.91 Å². The topological polar surface area (TPSA) is 73.9 Å². The number of anilines is 1. The Balaban J connectivity index is 1.80. The monoisotopic (exact) mass is 362 g/mol. The first-order chi connectivity index (χ1) is 12.6. The number of carbonyl (C=O) groups excluding carboxylic acids is 2. The molecule has 2 N–H and O–H groups in total. The van der Waals surface area contributed by atoms with E-state index < -0.39 is 0 Å². The molecule has 3 amide bonds. The van der Waals surface area contributed by atoms with E-state index in [0.29, 0.717) is 26.1 Å². The second-order valence-electron chi connectivity index (χ2n) is 6.26. The summed E-state index contributed by atoms with van der Waals surface area (Å²) in [7, 11) is 0. The lowest BCUT2D eigenvalue weighted by Gasteiger charge is -2.19. The number of urea groups is 1. The average molecular weight is 362 g/mol. The second-order valence-corrected chi connectivity index (χ2v) is 6.26. The van der Waals surface area contributed by atoms with Crippen LogP contribution in [0.3, 0.4) is 0 Å². The molecule has 1 atom stereocenters. The van der Waals surface area contributed by atoms with E-state index >= 15 is 0 Å². The van der Waals surface area contributed by atoms with E-state index in [9.17, 15) is 9.59 Å². The van der Waals surface area contributed by atoms with Gasteiger partial charge in [0.1, 0.15) is 5.75 Å². The molecule has 0 unspecified atom stereocenters. The van der Waals surface area contributed by atoms with Gasteiger partial charge in [0.15, 0.2) is 0 Å². The van der Waals surface area contributed by atoms with Crippen LogP contribution < -0.4 is 20.3 Å². The van der Waals surface area contributed by atoms with Gasteiger partial charge < -0.3 is 25.2 Å². The third-order valence-electron chi connectivity index (χ3n) is 4.53. The Kier molecular flexibility index (Phi) is 7.72. The van der Waals surface area contributed by atoms with Crippen LogP contribution in [0.15, 0.2) is 24.3 Å². The van der Waals surface area contributed by atoms with Crippen LogP contribution in [0.25, 0.3) is 0 Å². The molecule has 0 aliphatic carbocycles. The summed E-state index contributed by atoms with van der Waals surface area (Å²) in [6, 6.07) is 7.05. The van der Waals surface area contributed by atoms with Gasteiger partial charge in [-0.2, -0.15) is 0 Å². The van der Waals surface area contributed by atoms with Crippen LogP contribution in [0.4, 0.5) is 10.5 Å². The summed E-state index contributed by atoms with van der Waals surface area (Å²) in [6.07, 6.45) is 0.316. The molecule has 1 aliphatic rings. The maximum absolute atomic E-state index is 12.3. The number of nitrogens with one attached hydrogen (secondary N) is 2. The Hall–Kier alpha value is -2.28. The fraction of sp³-hybridized carbons (Fsp3) is 0.579. The van der Waals surface area contributed by atoms with Gasteiger partial charge in [-0.05, 0) is 44.3 Å². The van der Waals surface area contributed by atoms with Crippen LogP contribution in [0.1, 0.15) is 27.2 Å². The molecular weight excluding hydrogens is 332 g/mol. The van der Waals surface area contributed by atoms with Crippen LogP contribution >= 0.6 is 0 Å². The van der Waals surface area contributed by atoms with Crippen LogP contribution in [0.2, 0.25) is 0 Å². The summed E-state index contributed by atoms with van der Waals surface area (Å²) in [6.45, 7) is 10.6. The molecule has 0 saturated carbocycles. The van der Waals surface area contributed by atoms with Gasteiger partial charge >= 0.3 is 6.03 Å². The molecule has 1 heterocycles. The van der Waals surface area contributed by atoms with Crippen molar-refractivity contribution < 1.29 is 14.3 Å². The third kappa shape index (κ3) is 5.62. The minimum absolute atomic E-state index is 0.0163. The Morgan fingerprint density at radius 2 is 1.92 bits per heavy atom. The van der Waals surface area contributed by atoms with Crippen LogP contribution in [0, 0.1) is 0 Å². The normalized spacial score (nSPS) is 16.8. The van der Waals surface area contributed by atoms with Crippen molar-refractivity contribution in [2.45, 2.75) is 33.2 Å². The highest BCUT2D eigenvalue weighted by atomic mass is 16.5. The largest absolute Gasteiger partial charge is 0.494 e. The lowest BCUT2D eigenvalue weighted by atomic mass is 10.2. The molecule has 1 fully saturated rings. The van der Waals surface area contributed by atoms with Crippen molar-refractivity contribution in [3.8, 4) is 5.75 Å². The number of ether oxygens (including phenoxy) is 1. The van der Waals surface area contributed by atoms with Crippen molar-refractivity contribution in [1.29, 1.82) is 0 Å². The molecule has 26 heavy (non-hydrogen) atoms. The minimum Gasteiger partial charge on any atom is -0.494 e. The Bertz CT molecular complexity index is 587. The quantitative estimate of drug-likeness (QED) is 0.703. The van der Waals surface area contributed by atoms with Crippen molar-refractivity contribution in [3.05, 3.63) is 24.3 Å². The number of likely N-dealkylation sites (N-methyl/N-ethyl adjacent to an activating group) is 1. The van der Waals surface area contributed by atoms with Crippen molar-refractivity contribution >= 4 is 17.6 Å². The lowest BCUT2D eigenvalue weighted by molar-refractivity contribution is -0.117. The Morgan fingerprint density at radius 3 is 2.54 bits per heavy atom. The maximum atomic E-state index is 12.3. The minimum atomic E-state index is -0.219. The van der Waals surface area contributed by atoms with Crippen molar-refractivity contribution in [1.82, 2.24) is 15.5 Å². The summed E-state index contributed by atoms with van der Waals surface area (Å²) in [4.78, 5) is 28.3. The number of rotatable bonds is 9. The molecule has 0 aromatic heterocycles. The van der Waals surface area contributed by atoms with Gasteiger partial charge in [0.25, 0.3) is 0 Å². The molecule has 1 aromatic carbocycles. The van der Waals surface area contributed by atoms with E-state index in [-0.39, 0.29) is 18.0 Å². The van der Waals surface area contributed by atoms with Gasteiger partial charge in [0, 0.05) is 31.7 Å². The first-order valence-corrected chi connectivity index (χ1v) is 9.37. The first-order valence-electron chi connectivity index (χ1n) is 9.37. The van der Waals surface area contributed by atoms with Crippen LogP contribution in [0.5, 0.6) is 5.75 Å². The van der Waals surface area contributed by atoms with E-state index in [1.165, 1.54) is 0 Å². The number of carbonyl (C=O) groups is 2. The number of hydrogen-bond donors (Lipinski definition) is 2. The molecular formula is C19H30N4O3. The van der Waals surface area contributed by atoms with Gasteiger partial charge in [-0.25, -0.2) is 4.79 Å². The molecule has 2 rings (SSSR count). The van der Waals surface area contributed by atoms with E-state index in [0.717, 1.165) is 31.1 Å². The van der Waals surface area contributed by atoms with Crippen molar-refractivity contribution in [2.24, 2.45) is 0 Å². The molecule has 1 saturated heterocycles. The molecule has 7 nitrogen and oxygen atoms in total. The van der Waals surface area contributed by atoms with Crippen LogP contribution in [-0.4, -0.2) is 62.2 Å². The maximum Gasteiger partial charge on any atom is 0.315 e. The SMILES string of the molecule is CCOc1ccc(N2C[C@H](NC(=O)NCCN(CC)CC)CC2=O)cc1. The second kappa shape index (κ2) is 10.0. The van der Waals surface area contributed by atoms with Gasteiger partial charge in [-0.15, -0.1) is 0 Å². The molecule has 7 heteroatoms. The highest BCUT2D eigenvalue weighted by Crippen LogP contribution is 2.24. The first kappa shape index (κ1) is 20.0. The van der Waals surface area contributed by atoms with E-state index in [2.05, 4.69) is 29.4 Å². The van der Waals surface area contributed by atoms with E-state index in [1.807, 2.05) is 31.2 Å². The predicted octanol–water partition coefficient (Wildman–Crippen LogP) is 1.83. The van der Waals surface area contributed by atoms with Crippen LogP contribution in [-0.2, 0) is 4.79 Å². The summed E-state index contributed by atoms with van der Waals surface area (Å²) in [5, 5.41) is 5.76. The zero-order chi connectivity index (χ0) is 18.9. The lowest BCUT2D eigenvalue weighted by Crippen LogP contribution is -2.45. The van der Waals surface area contributed by atoms with Gasteiger partial charge in [-0.1, -0.05) is 13.8 Å². The number of nitrogens with zero attached hydrogens (tertiary/aromatic N) is 2. The molecule has 0 spiro atoms. The van der Waals surface area contributed by atoms with Gasteiger partial charge in [-0.3, -0.25) is 4.79 Å². The van der Waals surface area contributed by atoms with Crippen molar-refractivity contribution in [2.75, 3.05) is 44.2 Å². The number of amides is 3. The smallest absolute Gasteiger partial charge is 0.315 e. The molecule has 0 bridgehead atoms. The van der Waals surface area contributed by atoms with Gasteiger partial charge in [0.05, 0.1) is 12.6 Å². The summed E-state index contributed by atoms with van der Waals surface area (Å²) < 4.78 is 5.42. The standard InChI is InChI=1S/C19H30N4O3/c1-4-22(5-2)12-11-20-19(25)21-15-13-18(24)23(14-15)16-7-9-17(10-8-16)26-6-3/h7-10,15H,4-6,11-14H2,1-3H3,(H2,20,21,25)/t15-/m1/s1. The van der Waals surface area contributed by atoms with Crippen molar-refractivity contribution in [3.63, 3.8) is 0 Å². The predicted molar refractivity (Wildman–Crippen MR) is 103 cm³/mol. The number of benzene rings is 1. The average Bonchev–Trinajstić information content (AvgIpc) is 3.00. The molecule has 144 valence electrons. The molecule has 1 aromatic rings. The molecule has 1 aliphatic heterocycles. The third-order valence-corrected chi connectivity index (χ3v) is 4.53. The Labute approximate surface area is 155 Å². The highest BCUT2D eigenvalue weighted by molar-refractivity contribution is 5.96. The number of hydrogen-bond acceptors (Lipinski definition) is 4. The summed E-state index contributed by atoms with van der Waals surface area (Å²) >= 11 is 0. The fourth-order valence-electron chi connectivity index (χ4n) is 3.05. The fourth-order valence-corrected chi connectivity index (χ4v) is 3.05. The summed E-state index contributed by atoms with van der Waals surface area (Å²) in [5.41, 5.74) is 0.824. The molecule has 0 radical (unpaired) electrons. The van der Waals surface area contributed by atoms with E-state index in [1.54, 1.807) is 4.90 Å². The summed E-state index contributed by atoms with van der Waals surface area (Å²) in [5.74, 6) is 0.799.